The molecule has 1 aliphatic heterocycles. The minimum absolute atomic E-state index is 0.0185. The predicted molar refractivity (Wildman–Crippen MR) is 95.4 cm³/mol. The third kappa shape index (κ3) is 4.37. The molecule has 1 amide bonds. The van der Waals surface area contributed by atoms with Crippen molar-refractivity contribution in [2.75, 3.05) is 33.9 Å². The van der Waals surface area contributed by atoms with Gasteiger partial charge < -0.3 is 24.2 Å². The Bertz CT molecular complexity index is 600. The van der Waals surface area contributed by atoms with Gasteiger partial charge in [-0.2, -0.15) is 0 Å². The van der Waals surface area contributed by atoms with Crippen molar-refractivity contribution in [2.45, 2.75) is 44.6 Å². The lowest BCUT2D eigenvalue weighted by Gasteiger charge is -2.41. The Hall–Kier alpha value is -1.95. The smallest absolute Gasteiger partial charge is 0.410 e. The third-order valence-corrected chi connectivity index (χ3v) is 4.67. The Morgan fingerprint density at radius 2 is 1.76 bits per heavy atom. The van der Waals surface area contributed by atoms with E-state index in [-0.39, 0.29) is 12.7 Å². The van der Waals surface area contributed by atoms with Gasteiger partial charge in [0.05, 0.1) is 20.8 Å². The molecule has 0 aromatic heterocycles. The van der Waals surface area contributed by atoms with Crippen LogP contribution in [0.15, 0.2) is 18.2 Å². The molecule has 1 saturated heterocycles. The molecule has 2 rings (SSSR count). The van der Waals surface area contributed by atoms with Gasteiger partial charge in [0.2, 0.25) is 0 Å². The molecule has 1 fully saturated rings. The second-order valence-corrected chi connectivity index (χ2v) is 7.48. The van der Waals surface area contributed by atoms with Gasteiger partial charge in [0.1, 0.15) is 5.60 Å². The topological polar surface area (TPSA) is 68.2 Å². The van der Waals surface area contributed by atoms with Crippen LogP contribution in [0.5, 0.6) is 11.5 Å². The molecule has 0 atom stereocenters. The number of rotatable bonds is 4. The van der Waals surface area contributed by atoms with E-state index in [4.69, 9.17) is 14.2 Å². The fraction of sp³-hybridized carbons (Fsp3) is 0.632. The van der Waals surface area contributed by atoms with E-state index in [1.165, 1.54) is 0 Å². The molecule has 6 nitrogen and oxygen atoms in total. The molecule has 0 spiro atoms. The Kier molecular flexibility index (Phi) is 5.83. The molecule has 1 aliphatic rings. The standard InChI is InChI=1S/C19H29NO5/c1-18(2,3)25-17(22)20-10-8-19(13-21,9-11-20)14-6-7-15(23-4)16(12-14)24-5/h6-7,12,21H,8-11,13H2,1-5H3. The summed E-state index contributed by atoms with van der Waals surface area (Å²) in [6.45, 7) is 6.68. The first-order valence-electron chi connectivity index (χ1n) is 8.56. The monoisotopic (exact) mass is 351 g/mol. The maximum absolute atomic E-state index is 12.2. The summed E-state index contributed by atoms with van der Waals surface area (Å²) in [6.07, 6.45) is 1.03. The van der Waals surface area contributed by atoms with Gasteiger partial charge in [-0.05, 0) is 51.3 Å². The molecule has 140 valence electrons. The van der Waals surface area contributed by atoms with Crippen molar-refractivity contribution in [3.05, 3.63) is 23.8 Å². The van der Waals surface area contributed by atoms with Crippen LogP contribution >= 0.6 is 0 Å². The first kappa shape index (κ1) is 19.4. The first-order chi connectivity index (χ1) is 11.7. The van der Waals surface area contributed by atoms with Gasteiger partial charge in [-0.3, -0.25) is 0 Å². The number of piperidine rings is 1. The molecule has 1 aromatic rings. The maximum Gasteiger partial charge on any atom is 0.410 e. The van der Waals surface area contributed by atoms with E-state index in [1.54, 1.807) is 19.1 Å². The maximum atomic E-state index is 12.2. The summed E-state index contributed by atoms with van der Waals surface area (Å²) in [6, 6.07) is 5.73. The zero-order valence-electron chi connectivity index (χ0n) is 15.8. The lowest BCUT2D eigenvalue weighted by Crippen LogP contribution is -2.48. The molecule has 0 radical (unpaired) electrons. The normalized spacial score (nSPS) is 17.1. The molecule has 0 aliphatic carbocycles. The van der Waals surface area contributed by atoms with Crippen LogP contribution in [0.4, 0.5) is 4.79 Å². The quantitative estimate of drug-likeness (QED) is 0.903. The van der Waals surface area contributed by atoms with Crippen LogP contribution in [0.3, 0.4) is 0 Å². The molecule has 0 saturated carbocycles. The number of carbonyl (C=O) groups is 1. The molecule has 1 N–H and O–H groups in total. The molecular formula is C19H29NO5. The van der Waals surface area contributed by atoms with Crippen molar-refractivity contribution in [3.63, 3.8) is 0 Å². The number of hydrogen-bond acceptors (Lipinski definition) is 5. The number of aliphatic hydroxyl groups is 1. The minimum Gasteiger partial charge on any atom is -0.493 e. The number of ether oxygens (including phenoxy) is 3. The van der Waals surface area contributed by atoms with E-state index in [1.807, 2.05) is 39.0 Å². The highest BCUT2D eigenvalue weighted by molar-refractivity contribution is 5.68. The molecular weight excluding hydrogens is 322 g/mol. The Morgan fingerprint density at radius 3 is 2.24 bits per heavy atom. The molecule has 0 bridgehead atoms. The average Bonchev–Trinajstić information content (AvgIpc) is 2.59. The van der Waals surface area contributed by atoms with E-state index in [2.05, 4.69) is 0 Å². The van der Waals surface area contributed by atoms with Gasteiger partial charge >= 0.3 is 6.09 Å². The van der Waals surface area contributed by atoms with E-state index >= 15 is 0 Å². The largest absolute Gasteiger partial charge is 0.493 e. The minimum atomic E-state index is -0.508. The molecule has 1 heterocycles. The Labute approximate surface area is 149 Å². The Balaban J connectivity index is 2.15. The summed E-state index contributed by atoms with van der Waals surface area (Å²) in [7, 11) is 3.19. The van der Waals surface area contributed by atoms with E-state index in [0.717, 1.165) is 5.56 Å². The van der Waals surface area contributed by atoms with Crippen LogP contribution in [0.2, 0.25) is 0 Å². The highest BCUT2D eigenvalue weighted by atomic mass is 16.6. The molecule has 6 heteroatoms. The van der Waals surface area contributed by atoms with Crippen molar-refractivity contribution in [1.82, 2.24) is 4.90 Å². The van der Waals surface area contributed by atoms with E-state index in [9.17, 15) is 9.90 Å². The number of carbonyl (C=O) groups excluding carboxylic acids is 1. The van der Waals surface area contributed by atoms with Crippen molar-refractivity contribution < 1.29 is 24.1 Å². The predicted octanol–water partition coefficient (Wildman–Crippen LogP) is 2.96. The van der Waals surface area contributed by atoms with Crippen LogP contribution in [0, 0.1) is 0 Å². The van der Waals surface area contributed by atoms with Gasteiger partial charge in [0.25, 0.3) is 0 Å². The van der Waals surface area contributed by atoms with E-state index < -0.39 is 11.0 Å². The zero-order chi connectivity index (χ0) is 18.7. The summed E-state index contributed by atoms with van der Waals surface area (Å²) in [5.74, 6) is 1.30. The molecule has 1 aromatic carbocycles. The highest BCUT2D eigenvalue weighted by Crippen LogP contribution is 2.39. The average molecular weight is 351 g/mol. The van der Waals surface area contributed by atoms with Gasteiger partial charge in [-0.15, -0.1) is 0 Å². The van der Waals surface area contributed by atoms with Crippen LogP contribution in [-0.4, -0.2) is 55.6 Å². The number of aliphatic hydroxyl groups excluding tert-OH is 1. The van der Waals surface area contributed by atoms with Crippen molar-refractivity contribution in [1.29, 1.82) is 0 Å². The van der Waals surface area contributed by atoms with Gasteiger partial charge in [0.15, 0.2) is 11.5 Å². The fourth-order valence-corrected chi connectivity index (χ4v) is 3.15. The van der Waals surface area contributed by atoms with Gasteiger partial charge in [-0.1, -0.05) is 6.07 Å². The summed E-state index contributed by atoms with van der Waals surface area (Å²) in [5, 5.41) is 10.1. The first-order valence-corrected chi connectivity index (χ1v) is 8.56. The van der Waals surface area contributed by atoms with Crippen LogP contribution in [0.25, 0.3) is 0 Å². The fourth-order valence-electron chi connectivity index (χ4n) is 3.15. The van der Waals surface area contributed by atoms with Crippen molar-refractivity contribution in [2.24, 2.45) is 0 Å². The van der Waals surface area contributed by atoms with Gasteiger partial charge in [-0.25, -0.2) is 4.79 Å². The summed E-state index contributed by atoms with van der Waals surface area (Å²) in [4.78, 5) is 13.9. The third-order valence-electron chi connectivity index (χ3n) is 4.67. The van der Waals surface area contributed by atoms with Gasteiger partial charge in [0, 0.05) is 18.5 Å². The zero-order valence-corrected chi connectivity index (χ0v) is 15.8. The highest BCUT2D eigenvalue weighted by Gasteiger charge is 2.38. The van der Waals surface area contributed by atoms with Crippen LogP contribution < -0.4 is 9.47 Å². The van der Waals surface area contributed by atoms with E-state index in [0.29, 0.717) is 37.4 Å². The number of nitrogens with zero attached hydrogens (tertiary/aromatic N) is 1. The number of amides is 1. The number of benzene rings is 1. The second-order valence-electron chi connectivity index (χ2n) is 7.48. The second kappa shape index (κ2) is 7.52. The molecule has 25 heavy (non-hydrogen) atoms. The lowest BCUT2D eigenvalue weighted by molar-refractivity contribution is 0.0123. The van der Waals surface area contributed by atoms with Crippen LogP contribution in [-0.2, 0) is 10.2 Å². The number of likely N-dealkylation sites (tertiary alicyclic amines) is 1. The van der Waals surface area contributed by atoms with Crippen LogP contribution in [0.1, 0.15) is 39.2 Å². The van der Waals surface area contributed by atoms with Crippen molar-refractivity contribution in [3.8, 4) is 11.5 Å². The van der Waals surface area contributed by atoms with Crippen molar-refractivity contribution >= 4 is 6.09 Å². The SMILES string of the molecule is COc1ccc(C2(CO)CCN(C(=O)OC(C)(C)C)CC2)cc1OC. The number of hydrogen-bond donors (Lipinski definition) is 1. The molecule has 0 unspecified atom stereocenters. The number of methoxy groups -OCH3 is 2. The summed E-state index contributed by atoms with van der Waals surface area (Å²) in [5.41, 5.74) is 0.0980. The Morgan fingerprint density at radius 1 is 1.16 bits per heavy atom. The summed E-state index contributed by atoms with van der Waals surface area (Å²) < 4.78 is 16.1. The summed E-state index contributed by atoms with van der Waals surface area (Å²) >= 11 is 0. The lowest BCUT2D eigenvalue weighted by atomic mass is 9.73.